The lowest BCUT2D eigenvalue weighted by Crippen LogP contribution is -2.48. The second kappa shape index (κ2) is 8.93. The van der Waals surface area contributed by atoms with E-state index in [0.717, 1.165) is 37.8 Å². The molecule has 6 nitrogen and oxygen atoms in total. The van der Waals surface area contributed by atoms with Gasteiger partial charge in [0.2, 0.25) is 5.91 Å². The van der Waals surface area contributed by atoms with Gasteiger partial charge >= 0.3 is 6.03 Å². The Bertz CT molecular complexity index is 661. The van der Waals surface area contributed by atoms with Crippen LogP contribution in [0.25, 0.3) is 0 Å². The van der Waals surface area contributed by atoms with Gasteiger partial charge < -0.3 is 20.3 Å². The standard InChI is InChI=1S/C20H28ClN3O3/c1-27-12-10-22-19(26)24-11-2-3-15(14-24)13-23-18(25)20(8-9-20)16-4-6-17(21)7-5-16/h4-7,15H,2-3,8-14H2,1H3,(H,22,26)(H,23,25)/t15-/m1/s1. The van der Waals surface area contributed by atoms with Crippen molar-refractivity contribution in [2.45, 2.75) is 31.1 Å². The highest BCUT2D eigenvalue weighted by Gasteiger charge is 2.51. The van der Waals surface area contributed by atoms with E-state index in [9.17, 15) is 9.59 Å². The lowest BCUT2D eigenvalue weighted by molar-refractivity contribution is -0.123. The second-order valence-corrected chi connectivity index (χ2v) is 7.91. The molecule has 0 bridgehead atoms. The molecule has 3 amide bonds. The molecular weight excluding hydrogens is 366 g/mol. The quantitative estimate of drug-likeness (QED) is 0.699. The van der Waals surface area contributed by atoms with Crippen LogP contribution >= 0.6 is 11.6 Å². The first-order valence-electron chi connectivity index (χ1n) is 9.61. The summed E-state index contributed by atoms with van der Waals surface area (Å²) in [6, 6.07) is 7.52. The van der Waals surface area contributed by atoms with Crippen LogP contribution in [0.15, 0.2) is 24.3 Å². The number of amides is 3. The van der Waals surface area contributed by atoms with Gasteiger partial charge in [-0.3, -0.25) is 4.79 Å². The highest BCUT2D eigenvalue weighted by molar-refractivity contribution is 6.30. The van der Waals surface area contributed by atoms with Gasteiger partial charge in [-0.25, -0.2) is 4.79 Å². The molecule has 0 unspecified atom stereocenters. The molecule has 1 saturated carbocycles. The third-order valence-electron chi connectivity index (χ3n) is 5.52. The summed E-state index contributed by atoms with van der Waals surface area (Å²) in [7, 11) is 1.61. The van der Waals surface area contributed by atoms with Crippen LogP contribution in [0, 0.1) is 5.92 Å². The maximum absolute atomic E-state index is 12.8. The van der Waals surface area contributed by atoms with Gasteiger partial charge in [-0.05, 0) is 49.3 Å². The fourth-order valence-corrected chi connectivity index (χ4v) is 3.86. The van der Waals surface area contributed by atoms with E-state index >= 15 is 0 Å². The van der Waals surface area contributed by atoms with Gasteiger partial charge in [0, 0.05) is 38.3 Å². The summed E-state index contributed by atoms with van der Waals surface area (Å²) in [5.41, 5.74) is 0.642. The number of carbonyl (C=O) groups excluding carboxylic acids is 2. The first-order valence-corrected chi connectivity index (χ1v) is 9.99. The Morgan fingerprint density at radius 3 is 2.67 bits per heavy atom. The minimum Gasteiger partial charge on any atom is -0.383 e. The van der Waals surface area contributed by atoms with Crippen LogP contribution < -0.4 is 10.6 Å². The van der Waals surface area contributed by atoms with Crippen molar-refractivity contribution in [1.29, 1.82) is 0 Å². The van der Waals surface area contributed by atoms with Gasteiger partial charge in [-0.1, -0.05) is 23.7 Å². The molecule has 0 aromatic heterocycles. The van der Waals surface area contributed by atoms with Crippen molar-refractivity contribution in [2.24, 2.45) is 5.92 Å². The van der Waals surface area contributed by atoms with Gasteiger partial charge in [0.15, 0.2) is 0 Å². The molecule has 0 spiro atoms. The number of carbonyl (C=O) groups is 2. The molecule has 0 radical (unpaired) electrons. The smallest absolute Gasteiger partial charge is 0.317 e. The molecule has 7 heteroatoms. The monoisotopic (exact) mass is 393 g/mol. The van der Waals surface area contributed by atoms with Crippen molar-refractivity contribution < 1.29 is 14.3 Å². The molecule has 2 aliphatic rings. The van der Waals surface area contributed by atoms with Crippen molar-refractivity contribution in [2.75, 3.05) is 39.9 Å². The lowest BCUT2D eigenvalue weighted by Gasteiger charge is -2.33. The van der Waals surface area contributed by atoms with Crippen molar-refractivity contribution in [3.63, 3.8) is 0 Å². The molecule has 1 atom stereocenters. The molecular formula is C20H28ClN3O3. The highest BCUT2D eigenvalue weighted by Crippen LogP contribution is 2.48. The Labute approximate surface area is 165 Å². The minimum atomic E-state index is -0.392. The molecule has 27 heavy (non-hydrogen) atoms. The average Bonchev–Trinajstić information content (AvgIpc) is 3.49. The summed E-state index contributed by atoms with van der Waals surface area (Å²) in [6.45, 7) is 3.06. The molecule has 1 aliphatic carbocycles. The molecule has 1 aromatic carbocycles. The molecule has 1 aliphatic heterocycles. The van der Waals surface area contributed by atoms with Crippen molar-refractivity contribution in [3.8, 4) is 0 Å². The molecule has 148 valence electrons. The van der Waals surface area contributed by atoms with E-state index in [0.29, 0.717) is 31.3 Å². The molecule has 3 rings (SSSR count). The number of hydrogen-bond donors (Lipinski definition) is 2. The third-order valence-corrected chi connectivity index (χ3v) is 5.77. The summed E-state index contributed by atoms with van der Waals surface area (Å²) in [6.07, 6.45) is 3.73. The predicted molar refractivity (Wildman–Crippen MR) is 105 cm³/mol. The third kappa shape index (κ3) is 4.93. The Balaban J connectivity index is 1.48. The summed E-state index contributed by atoms with van der Waals surface area (Å²) < 4.78 is 4.96. The summed E-state index contributed by atoms with van der Waals surface area (Å²) in [4.78, 5) is 26.8. The van der Waals surface area contributed by atoms with Gasteiger partial charge in [0.05, 0.1) is 12.0 Å². The summed E-state index contributed by atoms with van der Waals surface area (Å²) >= 11 is 5.96. The number of hydrogen-bond acceptors (Lipinski definition) is 3. The summed E-state index contributed by atoms with van der Waals surface area (Å²) in [5, 5.41) is 6.67. The topological polar surface area (TPSA) is 70.7 Å². The maximum Gasteiger partial charge on any atom is 0.317 e. The van der Waals surface area contributed by atoms with Crippen LogP contribution in [0.3, 0.4) is 0 Å². The van der Waals surface area contributed by atoms with Crippen molar-refractivity contribution in [1.82, 2.24) is 15.5 Å². The normalized spacial score (nSPS) is 20.8. The van der Waals surface area contributed by atoms with Crippen LogP contribution in [0.1, 0.15) is 31.2 Å². The zero-order chi connectivity index (χ0) is 19.3. The largest absolute Gasteiger partial charge is 0.383 e. The first kappa shape index (κ1) is 20.0. The number of piperidine rings is 1. The number of likely N-dealkylation sites (tertiary alicyclic amines) is 1. The fraction of sp³-hybridized carbons (Fsp3) is 0.600. The number of urea groups is 1. The zero-order valence-corrected chi connectivity index (χ0v) is 16.6. The van der Waals surface area contributed by atoms with E-state index in [2.05, 4.69) is 10.6 Å². The minimum absolute atomic E-state index is 0.0529. The second-order valence-electron chi connectivity index (χ2n) is 7.48. The molecule has 2 fully saturated rings. The fourth-order valence-electron chi connectivity index (χ4n) is 3.73. The van der Waals surface area contributed by atoms with Crippen LogP contribution in [-0.4, -0.2) is 56.7 Å². The molecule has 2 N–H and O–H groups in total. The summed E-state index contributed by atoms with van der Waals surface area (Å²) in [5.74, 6) is 0.378. The Hall–Kier alpha value is -1.79. The van der Waals surface area contributed by atoms with Gasteiger partial charge in [-0.15, -0.1) is 0 Å². The Morgan fingerprint density at radius 1 is 1.26 bits per heavy atom. The molecule has 1 aromatic rings. The SMILES string of the molecule is COCCNC(=O)N1CCC[C@H](CNC(=O)C2(c3ccc(Cl)cc3)CC2)C1. The van der Waals surface area contributed by atoms with E-state index in [1.54, 1.807) is 7.11 Å². The highest BCUT2D eigenvalue weighted by atomic mass is 35.5. The van der Waals surface area contributed by atoms with Gasteiger partial charge in [-0.2, -0.15) is 0 Å². The number of nitrogens with zero attached hydrogens (tertiary/aromatic N) is 1. The maximum atomic E-state index is 12.8. The first-order chi connectivity index (χ1) is 13.0. The van der Waals surface area contributed by atoms with Crippen molar-refractivity contribution in [3.05, 3.63) is 34.9 Å². The van der Waals surface area contributed by atoms with E-state index in [1.807, 2.05) is 29.2 Å². The predicted octanol–water partition coefficient (Wildman–Crippen LogP) is 2.56. The Morgan fingerprint density at radius 2 is 2.00 bits per heavy atom. The van der Waals surface area contributed by atoms with E-state index in [1.165, 1.54) is 0 Å². The van der Waals surface area contributed by atoms with Gasteiger partial charge in [0.1, 0.15) is 0 Å². The van der Waals surface area contributed by atoms with Crippen molar-refractivity contribution >= 4 is 23.5 Å². The van der Waals surface area contributed by atoms with Crippen LogP contribution in [-0.2, 0) is 14.9 Å². The molecule has 1 heterocycles. The lowest BCUT2D eigenvalue weighted by atomic mass is 9.94. The zero-order valence-electron chi connectivity index (χ0n) is 15.8. The van der Waals surface area contributed by atoms with E-state index in [4.69, 9.17) is 16.3 Å². The number of benzene rings is 1. The van der Waals surface area contributed by atoms with E-state index in [-0.39, 0.29) is 17.9 Å². The average molecular weight is 394 g/mol. The van der Waals surface area contributed by atoms with Crippen LogP contribution in [0.5, 0.6) is 0 Å². The van der Waals surface area contributed by atoms with Crippen LogP contribution in [0.2, 0.25) is 5.02 Å². The number of methoxy groups -OCH3 is 1. The number of rotatable bonds is 7. The number of nitrogens with one attached hydrogen (secondary N) is 2. The van der Waals surface area contributed by atoms with E-state index < -0.39 is 5.41 Å². The number of ether oxygens (including phenoxy) is 1. The number of halogens is 1. The molecule has 1 saturated heterocycles. The van der Waals surface area contributed by atoms with Gasteiger partial charge in [0.25, 0.3) is 0 Å². The van der Waals surface area contributed by atoms with Crippen LogP contribution in [0.4, 0.5) is 4.79 Å². The Kier molecular flexibility index (Phi) is 6.60.